The first kappa shape index (κ1) is 21.0. The summed E-state index contributed by atoms with van der Waals surface area (Å²) in [5.41, 5.74) is 1.36. The van der Waals surface area contributed by atoms with Crippen LogP contribution in [0.4, 0.5) is 0 Å². The number of benzene rings is 2. The van der Waals surface area contributed by atoms with Gasteiger partial charge in [-0.2, -0.15) is 9.29 Å². The van der Waals surface area contributed by atoms with E-state index in [2.05, 4.69) is 15.5 Å². The Morgan fingerprint density at radius 1 is 1.13 bits per heavy atom. The number of carbonyl (C=O) groups excluding carboxylic acids is 1. The highest BCUT2D eigenvalue weighted by Gasteiger charge is 2.27. The van der Waals surface area contributed by atoms with Gasteiger partial charge in [0.15, 0.2) is 0 Å². The number of amides is 1. The Labute approximate surface area is 180 Å². The summed E-state index contributed by atoms with van der Waals surface area (Å²) in [5.74, 6) is 0.169. The Bertz CT molecular complexity index is 1170. The van der Waals surface area contributed by atoms with E-state index >= 15 is 0 Å². The highest BCUT2D eigenvalue weighted by Crippen LogP contribution is 2.24. The quantitative estimate of drug-likeness (QED) is 0.598. The maximum absolute atomic E-state index is 12.6. The standard InChI is InChI=1S/C21H22N4O5S/c1-29-18-7-3-2-6-16(18)14-22-20(26)21-23-19(24-30-21)15-8-10-17(11-9-15)31(27,28)25-12-4-5-13-25/h2-3,6-11H,4-5,12-14H2,1H3,(H,22,26). The molecule has 0 aliphatic carbocycles. The number of nitrogens with zero attached hydrogens (tertiary/aromatic N) is 3. The molecule has 0 unspecified atom stereocenters. The topological polar surface area (TPSA) is 115 Å². The molecule has 1 amide bonds. The minimum atomic E-state index is -3.49. The second-order valence-electron chi connectivity index (χ2n) is 7.05. The zero-order chi connectivity index (χ0) is 21.8. The number of hydrogen-bond donors (Lipinski definition) is 1. The van der Waals surface area contributed by atoms with Crippen molar-refractivity contribution in [2.45, 2.75) is 24.3 Å². The van der Waals surface area contributed by atoms with Crippen molar-refractivity contribution in [2.24, 2.45) is 0 Å². The zero-order valence-corrected chi connectivity index (χ0v) is 17.8. The zero-order valence-electron chi connectivity index (χ0n) is 16.9. The molecular weight excluding hydrogens is 420 g/mol. The van der Waals surface area contributed by atoms with E-state index in [4.69, 9.17) is 9.26 Å². The molecule has 2 heterocycles. The first-order chi connectivity index (χ1) is 15.0. The van der Waals surface area contributed by atoms with Crippen molar-refractivity contribution in [2.75, 3.05) is 20.2 Å². The summed E-state index contributed by atoms with van der Waals surface area (Å²) in [6, 6.07) is 13.6. The third kappa shape index (κ3) is 4.44. The van der Waals surface area contributed by atoms with Gasteiger partial charge in [0.25, 0.3) is 0 Å². The van der Waals surface area contributed by atoms with Crippen molar-refractivity contribution in [3.05, 3.63) is 60.0 Å². The molecular formula is C21H22N4O5S. The Morgan fingerprint density at radius 2 is 1.84 bits per heavy atom. The fourth-order valence-corrected chi connectivity index (χ4v) is 4.90. The van der Waals surface area contributed by atoms with E-state index < -0.39 is 15.9 Å². The largest absolute Gasteiger partial charge is 0.496 e. The van der Waals surface area contributed by atoms with E-state index in [9.17, 15) is 13.2 Å². The summed E-state index contributed by atoms with van der Waals surface area (Å²) in [6.07, 6.45) is 1.75. The van der Waals surface area contributed by atoms with Gasteiger partial charge in [0.1, 0.15) is 5.75 Å². The monoisotopic (exact) mass is 442 g/mol. The van der Waals surface area contributed by atoms with Crippen LogP contribution in [-0.2, 0) is 16.6 Å². The Balaban J connectivity index is 1.44. The van der Waals surface area contributed by atoms with Gasteiger partial charge >= 0.3 is 11.8 Å². The molecule has 3 aromatic rings. The minimum absolute atomic E-state index is 0.182. The Morgan fingerprint density at radius 3 is 2.55 bits per heavy atom. The lowest BCUT2D eigenvalue weighted by Crippen LogP contribution is -2.27. The lowest BCUT2D eigenvalue weighted by molar-refractivity contribution is 0.0906. The maximum atomic E-state index is 12.6. The van der Waals surface area contributed by atoms with Gasteiger partial charge in [-0.3, -0.25) is 4.79 Å². The number of methoxy groups -OCH3 is 1. The van der Waals surface area contributed by atoms with Crippen LogP contribution >= 0.6 is 0 Å². The van der Waals surface area contributed by atoms with Crippen molar-refractivity contribution in [3.8, 4) is 17.1 Å². The summed E-state index contributed by atoms with van der Waals surface area (Å²) in [4.78, 5) is 16.7. The van der Waals surface area contributed by atoms with Gasteiger partial charge in [0.05, 0.1) is 12.0 Å². The number of carbonyl (C=O) groups is 1. The van der Waals surface area contributed by atoms with Crippen molar-refractivity contribution in [1.29, 1.82) is 0 Å². The van der Waals surface area contributed by atoms with Crippen molar-refractivity contribution in [3.63, 3.8) is 0 Å². The predicted octanol–water partition coefficient (Wildman–Crippen LogP) is 2.46. The summed E-state index contributed by atoms with van der Waals surface area (Å²) in [6.45, 7) is 1.33. The molecule has 1 saturated heterocycles. The van der Waals surface area contributed by atoms with Gasteiger partial charge in [0.2, 0.25) is 15.8 Å². The molecule has 31 heavy (non-hydrogen) atoms. The van der Waals surface area contributed by atoms with Gasteiger partial charge in [-0.25, -0.2) is 8.42 Å². The second-order valence-corrected chi connectivity index (χ2v) is 8.99. The first-order valence-corrected chi connectivity index (χ1v) is 11.3. The Hall–Kier alpha value is -3.24. The average molecular weight is 442 g/mol. The van der Waals surface area contributed by atoms with Crippen LogP contribution in [0.15, 0.2) is 57.9 Å². The van der Waals surface area contributed by atoms with Crippen LogP contribution in [0.5, 0.6) is 5.75 Å². The number of para-hydroxylation sites is 1. The number of ether oxygens (including phenoxy) is 1. The molecule has 0 spiro atoms. The van der Waals surface area contributed by atoms with Crippen LogP contribution < -0.4 is 10.1 Å². The van der Waals surface area contributed by atoms with Crippen LogP contribution in [0, 0.1) is 0 Å². The molecule has 4 rings (SSSR count). The first-order valence-electron chi connectivity index (χ1n) is 9.83. The van der Waals surface area contributed by atoms with E-state index in [0.29, 0.717) is 24.4 Å². The molecule has 0 saturated carbocycles. The fourth-order valence-electron chi connectivity index (χ4n) is 3.39. The van der Waals surface area contributed by atoms with E-state index in [1.165, 1.54) is 16.4 Å². The van der Waals surface area contributed by atoms with E-state index in [0.717, 1.165) is 18.4 Å². The van der Waals surface area contributed by atoms with Crippen LogP contribution in [0.2, 0.25) is 0 Å². The smallest absolute Gasteiger partial charge is 0.316 e. The number of rotatable bonds is 7. The summed E-state index contributed by atoms with van der Waals surface area (Å²) < 4.78 is 37.1. The lowest BCUT2D eigenvalue weighted by Gasteiger charge is -2.15. The molecule has 1 aromatic heterocycles. The second kappa shape index (κ2) is 8.86. The van der Waals surface area contributed by atoms with E-state index in [1.54, 1.807) is 25.3 Å². The predicted molar refractivity (Wildman–Crippen MR) is 112 cm³/mol. The van der Waals surface area contributed by atoms with Crippen LogP contribution in [0.3, 0.4) is 0 Å². The van der Waals surface area contributed by atoms with Crippen molar-refractivity contribution >= 4 is 15.9 Å². The summed E-state index contributed by atoms with van der Waals surface area (Å²) >= 11 is 0. The molecule has 0 bridgehead atoms. The summed E-state index contributed by atoms with van der Waals surface area (Å²) in [5, 5.41) is 6.55. The van der Waals surface area contributed by atoms with Gasteiger partial charge in [0, 0.05) is 30.8 Å². The average Bonchev–Trinajstić information content (AvgIpc) is 3.51. The maximum Gasteiger partial charge on any atom is 0.316 e. The normalized spacial score (nSPS) is 14.5. The van der Waals surface area contributed by atoms with Crippen LogP contribution in [0.25, 0.3) is 11.4 Å². The van der Waals surface area contributed by atoms with Gasteiger partial charge in [-0.05, 0) is 43.2 Å². The van der Waals surface area contributed by atoms with Gasteiger partial charge in [-0.1, -0.05) is 23.4 Å². The number of aromatic nitrogens is 2. The van der Waals surface area contributed by atoms with Crippen LogP contribution in [0.1, 0.15) is 29.1 Å². The molecule has 9 nitrogen and oxygen atoms in total. The van der Waals surface area contributed by atoms with E-state index in [1.807, 2.05) is 18.2 Å². The molecule has 0 atom stereocenters. The highest BCUT2D eigenvalue weighted by atomic mass is 32.2. The summed E-state index contributed by atoms with van der Waals surface area (Å²) in [7, 11) is -1.93. The third-order valence-corrected chi connectivity index (χ3v) is 6.98. The molecule has 1 fully saturated rings. The van der Waals surface area contributed by atoms with Gasteiger partial charge in [-0.15, -0.1) is 0 Å². The molecule has 2 aromatic carbocycles. The number of sulfonamides is 1. The SMILES string of the molecule is COc1ccccc1CNC(=O)c1nc(-c2ccc(S(=O)(=O)N3CCCC3)cc2)no1. The molecule has 1 aliphatic heterocycles. The Kier molecular flexibility index (Phi) is 6.01. The number of hydrogen-bond acceptors (Lipinski definition) is 7. The molecule has 1 aliphatic rings. The van der Waals surface area contributed by atoms with Crippen molar-refractivity contribution in [1.82, 2.24) is 19.8 Å². The lowest BCUT2D eigenvalue weighted by atomic mass is 10.2. The van der Waals surface area contributed by atoms with Crippen LogP contribution in [-0.4, -0.2) is 49.0 Å². The minimum Gasteiger partial charge on any atom is -0.496 e. The molecule has 162 valence electrons. The van der Waals surface area contributed by atoms with Gasteiger partial charge < -0.3 is 14.6 Å². The van der Waals surface area contributed by atoms with E-state index in [-0.39, 0.29) is 23.2 Å². The molecule has 1 N–H and O–H groups in total. The third-order valence-electron chi connectivity index (χ3n) is 5.07. The molecule has 0 radical (unpaired) electrons. The van der Waals surface area contributed by atoms with Crippen molar-refractivity contribution < 1.29 is 22.5 Å². The highest BCUT2D eigenvalue weighted by molar-refractivity contribution is 7.89. The fraction of sp³-hybridized carbons (Fsp3) is 0.286. The molecule has 10 heteroatoms. The number of nitrogens with one attached hydrogen (secondary N) is 1.